The number of ether oxygens (including phenoxy) is 1. The van der Waals surface area contributed by atoms with Crippen LogP contribution in [-0.2, 0) is 14.6 Å². The van der Waals surface area contributed by atoms with Gasteiger partial charge in [-0.05, 0) is 55.3 Å². The second kappa shape index (κ2) is 7.05. The zero-order valence-corrected chi connectivity index (χ0v) is 16.3. The number of hydrogen-bond acceptors (Lipinski definition) is 4. The minimum atomic E-state index is -3.54. The van der Waals surface area contributed by atoms with Crippen LogP contribution in [0.15, 0.2) is 41.3 Å². The van der Waals surface area contributed by atoms with Crippen LogP contribution in [0.5, 0.6) is 0 Å². The van der Waals surface area contributed by atoms with E-state index >= 15 is 0 Å². The average Bonchev–Trinajstić information content (AvgIpc) is 2.58. The number of carbonyl (C=O) groups excluding carboxylic acids is 1. The molecule has 0 aromatic heterocycles. The summed E-state index contributed by atoms with van der Waals surface area (Å²) in [7, 11) is -3.54. The van der Waals surface area contributed by atoms with Gasteiger partial charge in [-0.25, -0.2) is 12.8 Å². The van der Waals surface area contributed by atoms with Gasteiger partial charge in [0.15, 0.2) is 9.84 Å². The van der Waals surface area contributed by atoms with E-state index in [-0.39, 0.29) is 27.4 Å². The number of aryl methyl sites for hydroxylation is 2. The molecule has 0 radical (unpaired) electrons. The highest BCUT2D eigenvalue weighted by Gasteiger charge is 2.38. The van der Waals surface area contributed by atoms with Crippen molar-refractivity contribution in [1.29, 1.82) is 0 Å². The number of anilines is 1. The van der Waals surface area contributed by atoms with Gasteiger partial charge in [-0.1, -0.05) is 13.0 Å². The molecule has 3 rings (SSSR count). The summed E-state index contributed by atoms with van der Waals surface area (Å²) in [6.07, 6.45) is 0. The Morgan fingerprint density at radius 2 is 1.89 bits per heavy atom. The zero-order valence-electron chi connectivity index (χ0n) is 15.5. The quantitative estimate of drug-likeness (QED) is 0.847. The Balaban J connectivity index is 1.83. The summed E-state index contributed by atoms with van der Waals surface area (Å²) in [5, 5.41) is 2.72. The van der Waals surface area contributed by atoms with Crippen molar-refractivity contribution in [2.24, 2.45) is 5.41 Å². The van der Waals surface area contributed by atoms with E-state index in [1.165, 1.54) is 18.2 Å². The molecule has 1 saturated heterocycles. The van der Waals surface area contributed by atoms with Crippen molar-refractivity contribution >= 4 is 21.4 Å². The molecule has 0 spiro atoms. The van der Waals surface area contributed by atoms with E-state index in [4.69, 9.17) is 4.74 Å². The molecule has 5 nitrogen and oxygen atoms in total. The van der Waals surface area contributed by atoms with Crippen LogP contribution in [-0.4, -0.2) is 33.3 Å². The number of sulfone groups is 1. The van der Waals surface area contributed by atoms with E-state index in [9.17, 15) is 17.6 Å². The van der Waals surface area contributed by atoms with Gasteiger partial charge in [0, 0.05) is 16.7 Å². The van der Waals surface area contributed by atoms with Gasteiger partial charge in [0.05, 0.1) is 23.9 Å². The maximum atomic E-state index is 13.6. The van der Waals surface area contributed by atoms with Gasteiger partial charge in [-0.15, -0.1) is 0 Å². The number of benzene rings is 2. The lowest BCUT2D eigenvalue weighted by atomic mass is 9.92. The van der Waals surface area contributed by atoms with Crippen LogP contribution in [0.25, 0.3) is 0 Å². The third-order valence-corrected chi connectivity index (χ3v) is 6.70. The molecule has 1 N–H and O–H groups in total. The molecular weight excluding hydrogens is 369 g/mol. The van der Waals surface area contributed by atoms with Crippen LogP contribution in [0.3, 0.4) is 0 Å². The lowest BCUT2D eigenvalue weighted by Crippen LogP contribution is -2.45. The molecule has 1 aliphatic heterocycles. The number of halogens is 1. The molecule has 0 unspecified atom stereocenters. The molecule has 27 heavy (non-hydrogen) atoms. The molecule has 144 valence electrons. The molecule has 1 fully saturated rings. The number of carbonyl (C=O) groups is 1. The number of rotatable bonds is 5. The van der Waals surface area contributed by atoms with Gasteiger partial charge < -0.3 is 10.1 Å². The van der Waals surface area contributed by atoms with Gasteiger partial charge >= 0.3 is 0 Å². The molecule has 1 aliphatic rings. The van der Waals surface area contributed by atoms with Crippen LogP contribution in [0.4, 0.5) is 10.1 Å². The first-order valence-corrected chi connectivity index (χ1v) is 10.2. The van der Waals surface area contributed by atoms with E-state index < -0.39 is 15.7 Å². The minimum absolute atomic E-state index is 0.0265. The first kappa shape index (κ1) is 19.5. The lowest BCUT2D eigenvalue weighted by molar-refractivity contribution is -0.0870. The summed E-state index contributed by atoms with van der Waals surface area (Å²) in [5.74, 6) is -0.812. The molecule has 1 heterocycles. The average molecular weight is 391 g/mol. The van der Waals surface area contributed by atoms with Gasteiger partial charge in [0.25, 0.3) is 5.91 Å². The maximum Gasteiger partial charge on any atom is 0.255 e. The summed E-state index contributed by atoms with van der Waals surface area (Å²) in [4.78, 5) is 12.7. The Labute approximate surface area is 158 Å². The highest BCUT2D eigenvalue weighted by molar-refractivity contribution is 7.91. The Morgan fingerprint density at radius 1 is 1.19 bits per heavy atom. The Morgan fingerprint density at radius 3 is 2.52 bits per heavy atom. The van der Waals surface area contributed by atoms with Crippen molar-refractivity contribution in [3.63, 3.8) is 0 Å². The smallest absolute Gasteiger partial charge is 0.255 e. The van der Waals surface area contributed by atoms with Crippen molar-refractivity contribution in [2.45, 2.75) is 25.7 Å². The molecule has 7 heteroatoms. The first-order valence-electron chi connectivity index (χ1n) is 8.58. The van der Waals surface area contributed by atoms with E-state index in [2.05, 4.69) is 5.32 Å². The normalized spacial score (nSPS) is 15.9. The van der Waals surface area contributed by atoms with E-state index in [1.54, 1.807) is 32.0 Å². The van der Waals surface area contributed by atoms with Crippen molar-refractivity contribution in [2.75, 3.05) is 24.3 Å². The molecule has 0 saturated carbocycles. The highest BCUT2D eigenvalue weighted by Crippen LogP contribution is 2.31. The van der Waals surface area contributed by atoms with Crippen molar-refractivity contribution < 1.29 is 22.3 Å². The standard InChI is InChI=1S/C20H22FNO4S/c1-13-8-18(14(2)7-17(13)21)22-19(23)15-5-4-6-16(9-15)27(24,25)12-20(3)10-26-11-20/h4-9H,10-12H2,1-3H3,(H,22,23). The second-order valence-corrected chi connectivity index (χ2v) is 9.45. The highest BCUT2D eigenvalue weighted by atomic mass is 32.2. The lowest BCUT2D eigenvalue weighted by Gasteiger charge is -2.37. The number of amides is 1. The molecule has 2 aromatic carbocycles. The predicted octanol–water partition coefficient (Wildman–Crippen LogP) is 3.51. The summed E-state index contributed by atoms with van der Waals surface area (Å²) >= 11 is 0. The van der Waals surface area contributed by atoms with E-state index in [1.807, 2.05) is 6.92 Å². The van der Waals surface area contributed by atoms with Crippen LogP contribution in [0.2, 0.25) is 0 Å². The molecule has 0 bridgehead atoms. The molecule has 1 amide bonds. The predicted molar refractivity (Wildman–Crippen MR) is 101 cm³/mol. The van der Waals surface area contributed by atoms with Crippen molar-refractivity contribution in [1.82, 2.24) is 0 Å². The second-order valence-electron chi connectivity index (χ2n) is 7.46. The summed E-state index contributed by atoms with van der Waals surface area (Å²) < 4.78 is 44.1. The fourth-order valence-corrected chi connectivity index (χ4v) is 4.86. The van der Waals surface area contributed by atoms with E-state index in [0.29, 0.717) is 30.0 Å². The summed E-state index contributed by atoms with van der Waals surface area (Å²) in [6.45, 7) is 6.00. The Bertz CT molecular complexity index is 997. The molecule has 0 aliphatic carbocycles. The van der Waals surface area contributed by atoms with Crippen LogP contribution in [0, 0.1) is 25.1 Å². The fraction of sp³-hybridized carbons (Fsp3) is 0.350. The van der Waals surface area contributed by atoms with Crippen molar-refractivity contribution in [3.05, 3.63) is 58.9 Å². The molecule has 0 atom stereocenters. The largest absolute Gasteiger partial charge is 0.380 e. The van der Waals surface area contributed by atoms with Gasteiger partial charge in [0.1, 0.15) is 5.82 Å². The molecule has 2 aromatic rings. The molecular formula is C20H22FNO4S. The van der Waals surface area contributed by atoms with Crippen molar-refractivity contribution in [3.8, 4) is 0 Å². The van der Waals surface area contributed by atoms with Crippen LogP contribution < -0.4 is 5.32 Å². The third-order valence-electron chi connectivity index (χ3n) is 4.65. The number of nitrogens with one attached hydrogen (secondary N) is 1. The maximum absolute atomic E-state index is 13.6. The summed E-state index contributed by atoms with van der Waals surface area (Å²) in [6, 6.07) is 8.87. The van der Waals surface area contributed by atoms with Crippen LogP contribution >= 0.6 is 0 Å². The first-order chi connectivity index (χ1) is 12.6. The topological polar surface area (TPSA) is 72.5 Å². The SMILES string of the molecule is Cc1cc(NC(=O)c2cccc(S(=O)(=O)CC3(C)COC3)c2)c(C)cc1F. The third kappa shape index (κ3) is 4.20. The van der Waals surface area contributed by atoms with Gasteiger partial charge in [0.2, 0.25) is 0 Å². The van der Waals surface area contributed by atoms with Gasteiger partial charge in [-0.2, -0.15) is 0 Å². The minimum Gasteiger partial charge on any atom is -0.380 e. The zero-order chi connectivity index (χ0) is 19.8. The van der Waals surface area contributed by atoms with Crippen LogP contribution in [0.1, 0.15) is 28.4 Å². The fourth-order valence-electron chi connectivity index (χ4n) is 3.02. The van der Waals surface area contributed by atoms with Gasteiger partial charge in [-0.3, -0.25) is 4.79 Å². The monoisotopic (exact) mass is 391 g/mol. The Kier molecular flexibility index (Phi) is 5.10. The number of hydrogen-bond donors (Lipinski definition) is 1. The summed E-state index contributed by atoms with van der Waals surface area (Å²) in [5.41, 5.74) is 1.34. The Hall–Kier alpha value is -2.25. The van der Waals surface area contributed by atoms with E-state index in [0.717, 1.165) is 0 Å².